The first kappa shape index (κ1) is 19.7. The van der Waals surface area contributed by atoms with Crippen LogP contribution in [0, 0.1) is 12.7 Å². The van der Waals surface area contributed by atoms with E-state index in [9.17, 15) is 9.18 Å². The van der Waals surface area contributed by atoms with Gasteiger partial charge in [-0.05, 0) is 76.5 Å². The van der Waals surface area contributed by atoms with E-state index in [4.69, 9.17) is 10.6 Å². The Morgan fingerprint density at radius 2 is 1.93 bits per heavy atom. The van der Waals surface area contributed by atoms with Gasteiger partial charge in [0.25, 0.3) is 5.91 Å². The van der Waals surface area contributed by atoms with Crippen LogP contribution in [0.3, 0.4) is 0 Å². The largest absolute Gasteiger partial charge is 0.497 e. The quantitative estimate of drug-likeness (QED) is 0.399. The van der Waals surface area contributed by atoms with Gasteiger partial charge in [-0.25, -0.2) is 10.2 Å². The summed E-state index contributed by atoms with van der Waals surface area (Å²) in [6.45, 7) is 1.95. The van der Waals surface area contributed by atoms with E-state index < -0.39 is 6.17 Å². The van der Waals surface area contributed by atoms with Crippen molar-refractivity contribution in [3.8, 4) is 16.9 Å². The number of amides is 1. The van der Waals surface area contributed by atoms with Crippen LogP contribution >= 0.6 is 0 Å². The highest BCUT2D eigenvalue weighted by Crippen LogP contribution is 2.22. The van der Waals surface area contributed by atoms with Crippen LogP contribution in [0.5, 0.6) is 5.75 Å². The third-order valence-corrected chi connectivity index (χ3v) is 5.20. The number of hydrogen-bond acceptors (Lipinski definition) is 4. The van der Waals surface area contributed by atoms with Crippen molar-refractivity contribution in [3.05, 3.63) is 88.0 Å². The summed E-state index contributed by atoms with van der Waals surface area (Å²) < 4.78 is 18.9. The second-order valence-corrected chi connectivity index (χ2v) is 7.17. The van der Waals surface area contributed by atoms with Crippen LogP contribution in [0.1, 0.15) is 15.9 Å². The molecule has 0 radical (unpaired) electrons. The highest BCUT2D eigenvalue weighted by molar-refractivity contribution is 5.94. The maximum atomic E-state index is 13.7. The molecule has 0 spiro atoms. The molecule has 0 aliphatic carbocycles. The van der Waals surface area contributed by atoms with Crippen molar-refractivity contribution in [1.82, 2.24) is 10.3 Å². The normalized spacial score (nSPS) is 14.6. The molecule has 3 N–H and O–H groups in total. The van der Waals surface area contributed by atoms with Crippen LogP contribution in [0.25, 0.3) is 23.4 Å². The molecule has 1 amide bonds. The van der Waals surface area contributed by atoms with Gasteiger partial charge in [0.1, 0.15) is 17.7 Å². The lowest BCUT2D eigenvalue weighted by atomic mass is 9.98. The molecule has 4 rings (SSSR count). The Hall–Kier alpha value is -3.64. The molecule has 6 heteroatoms. The lowest BCUT2D eigenvalue weighted by Gasteiger charge is -2.27. The van der Waals surface area contributed by atoms with Crippen molar-refractivity contribution in [2.75, 3.05) is 7.11 Å². The van der Waals surface area contributed by atoms with Crippen LogP contribution in [0.15, 0.2) is 60.7 Å². The lowest BCUT2D eigenvalue weighted by molar-refractivity contribution is 0.0711. The molecule has 0 saturated carbocycles. The number of hydrazine groups is 1. The summed E-state index contributed by atoms with van der Waals surface area (Å²) in [4.78, 5) is 12.8. The topological polar surface area (TPSA) is 67.6 Å². The van der Waals surface area contributed by atoms with E-state index >= 15 is 0 Å². The fourth-order valence-electron chi connectivity index (χ4n) is 3.51. The number of nitrogens with zero attached hydrogens (tertiary/aromatic N) is 1. The first-order chi connectivity index (χ1) is 14.5. The van der Waals surface area contributed by atoms with Crippen molar-refractivity contribution < 1.29 is 13.9 Å². The number of rotatable bonds is 4. The number of nitrogens with one attached hydrogen (secondary N) is 1. The van der Waals surface area contributed by atoms with Gasteiger partial charge in [0.2, 0.25) is 0 Å². The molecule has 1 unspecified atom stereocenters. The summed E-state index contributed by atoms with van der Waals surface area (Å²) in [5.41, 5.74) is 3.21. The van der Waals surface area contributed by atoms with Gasteiger partial charge in [-0.15, -0.1) is 0 Å². The summed E-state index contributed by atoms with van der Waals surface area (Å²) in [7, 11) is 1.55. The smallest absolute Gasteiger partial charge is 0.270 e. The third kappa shape index (κ3) is 3.77. The number of aryl methyl sites for hydroxylation is 1. The number of carbonyl (C=O) groups excluding carboxylic acids is 1. The molecule has 1 aliphatic heterocycles. The monoisotopic (exact) mass is 403 g/mol. The Morgan fingerprint density at radius 1 is 1.10 bits per heavy atom. The van der Waals surface area contributed by atoms with E-state index in [2.05, 4.69) is 5.32 Å². The summed E-state index contributed by atoms with van der Waals surface area (Å²) in [6.07, 6.45) is 3.20. The molecule has 0 saturated heterocycles. The van der Waals surface area contributed by atoms with Crippen LogP contribution in [-0.2, 0) is 0 Å². The molecule has 0 aromatic heterocycles. The van der Waals surface area contributed by atoms with E-state index in [0.717, 1.165) is 32.1 Å². The molecule has 1 heterocycles. The van der Waals surface area contributed by atoms with E-state index in [1.165, 1.54) is 12.1 Å². The van der Waals surface area contributed by atoms with Gasteiger partial charge < -0.3 is 10.1 Å². The number of carbonyl (C=O) groups is 1. The number of benzene rings is 3. The van der Waals surface area contributed by atoms with Gasteiger partial charge in [0.05, 0.1) is 7.11 Å². The van der Waals surface area contributed by atoms with Gasteiger partial charge in [-0.1, -0.05) is 24.3 Å². The molecule has 3 aromatic rings. The molecule has 30 heavy (non-hydrogen) atoms. The van der Waals surface area contributed by atoms with Crippen LogP contribution < -0.4 is 26.3 Å². The zero-order chi connectivity index (χ0) is 21.3. The first-order valence-corrected chi connectivity index (χ1v) is 9.53. The predicted molar refractivity (Wildman–Crippen MR) is 115 cm³/mol. The van der Waals surface area contributed by atoms with Crippen LogP contribution in [-0.4, -0.2) is 24.2 Å². The fourth-order valence-corrected chi connectivity index (χ4v) is 3.51. The van der Waals surface area contributed by atoms with Crippen molar-refractivity contribution in [2.45, 2.75) is 13.1 Å². The Balaban J connectivity index is 1.62. The summed E-state index contributed by atoms with van der Waals surface area (Å²) in [6, 6.07) is 17.5. The Bertz CT molecular complexity index is 1240. The van der Waals surface area contributed by atoms with Gasteiger partial charge >= 0.3 is 0 Å². The van der Waals surface area contributed by atoms with Crippen molar-refractivity contribution in [2.24, 2.45) is 5.84 Å². The minimum atomic E-state index is -0.502. The maximum absolute atomic E-state index is 13.7. The van der Waals surface area contributed by atoms with E-state index in [1.807, 2.05) is 37.4 Å². The summed E-state index contributed by atoms with van der Waals surface area (Å²) >= 11 is 0. The predicted octanol–water partition coefficient (Wildman–Crippen LogP) is 2.27. The highest BCUT2D eigenvalue weighted by atomic mass is 19.1. The zero-order valence-corrected chi connectivity index (χ0v) is 16.7. The average molecular weight is 403 g/mol. The maximum Gasteiger partial charge on any atom is 0.270 e. The van der Waals surface area contributed by atoms with E-state index in [0.29, 0.717) is 11.3 Å². The number of fused-ring (bicyclic) bond motifs is 1. The molecule has 152 valence electrons. The number of halogens is 1. The Morgan fingerprint density at radius 3 is 2.73 bits per heavy atom. The molecule has 1 aliphatic rings. The number of nitrogens with two attached hydrogens (primary N) is 1. The van der Waals surface area contributed by atoms with Crippen LogP contribution in [0.4, 0.5) is 4.39 Å². The van der Waals surface area contributed by atoms with Gasteiger partial charge in [-0.2, -0.15) is 0 Å². The third-order valence-electron chi connectivity index (χ3n) is 5.20. The minimum absolute atomic E-state index is 0.267. The average Bonchev–Trinajstić information content (AvgIpc) is 2.79. The standard InChI is InChI=1S/C24H22FN3O2/c1-15-6-9-20(25)13-22(15)17-8-7-16-12-23(27-14-19(16)10-17)28(26)24(29)18-4-3-5-21(11-18)30-2/h3-14,23,27H,26H2,1-2H3. The number of methoxy groups -OCH3 is 1. The number of ether oxygens (including phenoxy) is 1. The molecule has 5 nitrogen and oxygen atoms in total. The first-order valence-electron chi connectivity index (χ1n) is 9.53. The Labute approximate surface area is 173 Å². The lowest BCUT2D eigenvalue weighted by Crippen LogP contribution is -2.53. The second kappa shape index (κ2) is 8.00. The van der Waals surface area contributed by atoms with Crippen molar-refractivity contribution in [3.63, 3.8) is 0 Å². The van der Waals surface area contributed by atoms with Gasteiger partial charge in [0, 0.05) is 11.8 Å². The minimum Gasteiger partial charge on any atom is -0.497 e. The van der Waals surface area contributed by atoms with E-state index in [-0.39, 0.29) is 11.7 Å². The van der Waals surface area contributed by atoms with Gasteiger partial charge in [-0.3, -0.25) is 9.80 Å². The zero-order valence-electron chi connectivity index (χ0n) is 16.7. The van der Waals surface area contributed by atoms with E-state index in [1.54, 1.807) is 37.4 Å². The van der Waals surface area contributed by atoms with Crippen LogP contribution in [0.2, 0.25) is 0 Å². The molecule has 0 bridgehead atoms. The Kier molecular flexibility index (Phi) is 5.25. The molecule has 0 fully saturated rings. The fraction of sp³-hybridized carbons (Fsp3) is 0.125. The summed E-state index contributed by atoms with van der Waals surface area (Å²) in [5, 5.41) is 6.18. The second-order valence-electron chi connectivity index (χ2n) is 7.17. The molecular weight excluding hydrogens is 381 g/mol. The SMILES string of the molecule is COc1cccc(C(=O)N(N)C2C=c3ccc(-c4cc(F)ccc4C)cc3=CN2)c1. The van der Waals surface area contributed by atoms with Crippen molar-refractivity contribution >= 4 is 18.2 Å². The highest BCUT2D eigenvalue weighted by Gasteiger charge is 2.21. The summed E-state index contributed by atoms with van der Waals surface area (Å²) in [5.74, 6) is 6.11. The molecule has 3 aromatic carbocycles. The number of hydrogen-bond donors (Lipinski definition) is 2. The molecule has 1 atom stereocenters. The van der Waals surface area contributed by atoms with Gasteiger partial charge in [0.15, 0.2) is 0 Å². The molecular formula is C24H22FN3O2. The van der Waals surface area contributed by atoms with Crippen molar-refractivity contribution in [1.29, 1.82) is 0 Å².